The number of fused-ring (bicyclic) bond motifs is 3. The van der Waals surface area contributed by atoms with E-state index in [4.69, 9.17) is 5.84 Å². The molecule has 1 aliphatic carbocycles. The fourth-order valence-electron chi connectivity index (χ4n) is 2.12. The first-order valence-corrected chi connectivity index (χ1v) is 6.03. The fraction of sp³-hybridized carbons (Fsp3) is 0.500. The first kappa shape index (κ1) is 11.1. The summed E-state index contributed by atoms with van der Waals surface area (Å²) in [5, 5.41) is 8.37. The van der Waals surface area contributed by atoms with E-state index in [1.165, 1.54) is 0 Å². The van der Waals surface area contributed by atoms with E-state index in [1.54, 1.807) is 0 Å². The molecule has 0 saturated carbocycles. The molecular formula is C12H16N6. The summed E-state index contributed by atoms with van der Waals surface area (Å²) in [6.07, 6.45) is 3.64. The summed E-state index contributed by atoms with van der Waals surface area (Å²) >= 11 is 0. The molecule has 0 spiro atoms. The van der Waals surface area contributed by atoms with Crippen molar-refractivity contribution >= 4 is 0 Å². The highest BCUT2D eigenvalue weighted by Gasteiger charge is 2.26. The number of nitrogens with zero attached hydrogens (tertiary/aromatic N) is 5. The molecule has 94 valence electrons. The number of aryl methyl sites for hydroxylation is 2. The highest BCUT2D eigenvalue weighted by molar-refractivity contribution is 5.63. The Kier molecular flexibility index (Phi) is 2.17. The van der Waals surface area contributed by atoms with Crippen LogP contribution < -0.4 is 5.84 Å². The van der Waals surface area contributed by atoms with Gasteiger partial charge in [-0.05, 0) is 18.4 Å². The first-order valence-electron chi connectivity index (χ1n) is 6.03. The molecule has 0 radical (unpaired) electrons. The Morgan fingerprint density at radius 1 is 1.17 bits per heavy atom. The van der Waals surface area contributed by atoms with Gasteiger partial charge in [-0.15, -0.1) is 10.2 Å². The molecule has 2 aromatic rings. The van der Waals surface area contributed by atoms with Gasteiger partial charge in [0.25, 0.3) is 0 Å². The lowest BCUT2D eigenvalue weighted by Crippen LogP contribution is -2.18. The number of nitrogen functional groups attached to an aromatic ring is 1. The Hall–Kier alpha value is -1.98. The highest BCUT2D eigenvalue weighted by Crippen LogP contribution is 2.30. The Bertz CT molecular complexity index is 608. The lowest BCUT2D eigenvalue weighted by Gasteiger charge is -2.19. The van der Waals surface area contributed by atoms with Crippen LogP contribution in [0.1, 0.15) is 37.9 Å². The number of rotatable bonds is 0. The summed E-state index contributed by atoms with van der Waals surface area (Å²) in [6.45, 7) is 6.29. The second-order valence-electron chi connectivity index (χ2n) is 5.63. The van der Waals surface area contributed by atoms with E-state index in [2.05, 4.69) is 40.9 Å². The zero-order valence-electron chi connectivity index (χ0n) is 10.8. The van der Waals surface area contributed by atoms with Crippen molar-refractivity contribution in [1.29, 1.82) is 0 Å². The predicted molar refractivity (Wildman–Crippen MR) is 67.3 cm³/mol. The quantitative estimate of drug-likeness (QED) is 0.694. The zero-order valence-corrected chi connectivity index (χ0v) is 10.8. The van der Waals surface area contributed by atoms with Crippen LogP contribution in [0.25, 0.3) is 11.4 Å². The van der Waals surface area contributed by atoms with Gasteiger partial charge >= 0.3 is 0 Å². The Labute approximate surface area is 105 Å². The molecule has 0 atom stereocenters. The van der Waals surface area contributed by atoms with Gasteiger partial charge in [-0.25, -0.2) is 9.97 Å². The minimum atomic E-state index is -0.0780. The standard InChI is InChI=1S/C12H16N6/c1-12(2,3)11-14-6-7-4-5-8-10(9(7)15-11)17-18(13)16-8/h6H,4-5,13H2,1-3H3. The van der Waals surface area contributed by atoms with Crippen LogP contribution in [-0.4, -0.2) is 25.1 Å². The molecule has 3 rings (SSSR count). The normalized spacial score (nSPS) is 14.2. The maximum Gasteiger partial charge on any atom is 0.137 e. The summed E-state index contributed by atoms with van der Waals surface area (Å²) in [5.41, 5.74) is 3.64. The smallest absolute Gasteiger partial charge is 0.137 e. The van der Waals surface area contributed by atoms with E-state index < -0.39 is 0 Å². The molecule has 0 aromatic carbocycles. The van der Waals surface area contributed by atoms with E-state index in [1.807, 2.05) is 6.20 Å². The summed E-state index contributed by atoms with van der Waals surface area (Å²) in [7, 11) is 0. The average Bonchev–Trinajstić information content (AvgIpc) is 2.68. The fourth-order valence-corrected chi connectivity index (χ4v) is 2.12. The summed E-state index contributed by atoms with van der Waals surface area (Å²) in [4.78, 5) is 10.2. The van der Waals surface area contributed by atoms with E-state index in [0.717, 1.165) is 46.2 Å². The molecule has 0 bridgehead atoms. The van der Waals surface area contributed by atoms with Crippen molar-refractivity contribution in [2.45, 2.75) is 39.0 Å². The molecule has 0 amide bonds. The zero-order chi connectivity index (χ0) is 12.9. The predicted octanol–water partition coefficient (Wildman–Crippen LogP) is 0.845. The van der Waals surface area contributed by atoms with Gasteiger partial charge in [0.1, 0.15) is 11.5 Å². The van der Waals surface area contributed by atoms with Crippen LogP contribution in [-0.2, 0) is 18.3 Å². The van der Waals surface area contributed by atoms with Crippen molar-refractivity contribution in [3.63, 3.8) is 0 Å². The minimum Gasteiger partial charge on any atom is -0.306 e. The SMILES string of the molecule is CC(C)(C)c1ncc2c(n1)-c1nn(N)nc1CC2. The molecule has 1 aliphatic rings. The maximum atomic E-state index is 5.59. The van der Waals surface area contributed by atoms with E-state index in [-0.39, 0.29) is 5.41 Å². The van der Waals surface area contributed by atoms with Crippen LogP contribution in [0.4, 0.5) is 0 Å². The maximum absolute atomic E-state index is 5.59. The molecule has 6 heteroatoms. The van der Waals surface area contributed by atoms with Gasteiger partial charge in [0.15, 0.2) is 0 Å². The Morgan fingerprint density at radius 2 is 1.94 bits per heavy atom. The van der Waals surface area contributed by atoms with Crippen molar-refractivity contribution in [3.05, 3.63) is 23.3 Å². The Morgan fingerprint density at radius 3 is 2.67 bits per heavy atom. The molecule has 6 nitrogen and oxygen atoms in total. The van der Waals surface area contributed by atoms with Crippen LogP contribution in [0.3, 0.4) is 0 Å². The molecule has 2 heterocycles. The summed E-state index contributed by atoms with van der Waals surface area (Å²) < 4.78 is 0. The molecule has 0 saturated heterocycles. The number of nitrogens with two attached hydrogens (primary N) is 1. The van der Waals surface area contributed by atoms with Crippen LogP contribution in [0.15, 0.2) is 6.20 Å². The lowest BCUT2D eigenvalue weighted by atomic mass is 9.93. The first-order chi connectivity index (χ1) is 8.45. The van der Waals surface area contributed by atoms with Crippen molar-refractivity contribution in [1.82, 2.24) is 25.1 Å². The van der Waals surface area contributed by atoms with E-state index in [0.29, 0.717) is 0 Å². The number of aromatic nitrogens is 5. The van der Waals surface area contributed by atoms with Gasteiger partial charge < -0.3 is 5.84 Å². The van der Waals surface area contributed by atoms with Crippen LogP contribution in [0.5, 0.6) is 0 Å². The van der Waals surface area contributed by atoms with E-state index >= 15 is 0 Å². The summed E-state index contributed by atoms with van der Waals surface area (Å²) in [5.74, 6) is 6.41. The van der Waals surface area contributed by atoms with Gasteiger partial charge in [-0.1, -0.05) is 25.7 Å². The molecule has 2 N–H and O–H groups in total. The molecule has 0 aliphatic heterocycles. The largest absolute Gasteiger partial charge is 0.306 e. The molecule has 18 heavy (non-hydrogen) atoms. The van der Waals surface area contributed by atoms with Gasteiger partial charge in [-0.3, -0.25) is 0 Å². The molecular weight excluding hydrogens is 228 g/mol. The summed E-state index contributed by atoms with van der Waals surface area (Å²) in [6, 6.07) is 0. The number of hydrogen-bond acceptors (Lipinski definition) is 5. The van der Waals surface area contributed by atoms with Gasteiger partial charge in [0.05, 0.1) is 11.4 Å². The van der Waals surface area contributed by atoms with Crippen molar-refractivity contribution in [2.24, 2.45) is 0 Å². The minimum absolute atomic E-state index is 0.0780. The van der Waals surface area contributed by atoms with Crippen LogP contribution in [0.2, 0.25) is 0 Å². The highest BCUT2D eigenvalue weighted by atomic mass is 15.6. The van der Waals surface area contributed by atoms with Crippen LogP contribution >= 0.6 is 0 Å². The van der Waals surface area contributed by atoms with Crippen molar-refractivity contribution in [3.8, 4) is 11.4 Å². The Balaban J connectivity index is 2.19. The lowest BCUT2D eigenvalue weighted by molar-refractivity contribution is 0.544. The van der Waals surface area contributed by atoms with Gasteiger partial charge in [0, 0.05) is 11.6 Å². The van der Waals surface area contributed by atoms with Gasteiger partial charge in [0.2, 0.25) is 0 Å². The average molecular weight is 244 g/mol. The third-order valence-corrected chi connectivity index (χ3v) is 3.09. The monoisotopic (exact) mass is 244 g/mol. The second kappa shape index (κ2) is 3.51. The molecule has 0 unspecified atom stereocenters. The topological polar surface area (TPSA) is 82.5 Å². The molecule has 0 fully saturated rings. The second-order valence-corrected chi connectivity index (χ2v) is 5.63. The van der Waals surface area contributed by atoms with E-state index in [9.17, 15) is 0 Å². The van der Waals surface area contributed by atoms with Crippen LogP contribution in [0, 0.1) is 0 Å². The van der Waals surface area contributed by atoms with Gasteiger partial charge in [-0.2, -0.15) is 0 Å². The van der Waals surface area contributed by atoms with Crippen molar-refractivity contribution < 1.29 is 0 Å². The number of hydrogen-bond donors (Lipinski definition) is 1. The third kappa shape index (κ3) is 1.64. The van der Waals surface area contributed by atoms with Crippen molar-refractivity contribution in [2.75, 3.05) is 5.84 Å². The molecule has 2 aromatic heterocycles. The third-order valence-electron chi connectivity index (χ3n) is 3.09.